The van der Waals surface area contributed by atoms with Gasteiger partial charge >= 0.3 is 0 Å². The highest BCUT2D eigenvalue weighted by atomic mass is 35.5. The number of benzene rings is 2. The molecule has 3 rings (SSSR count). The van der Waals surface area contributed by atoms with Crippen LogP contribution in [0.3, 0.4) is 0 Å². The van der Waals surface area contributed by atoms with Gasteiger partial charge in [0.2, 0.25) is 5.91 Å². The van der Waals surface area contributed by atoms with Gasteiger partial charge in [0, 0.05) is 11.6 Å². The Kier molecular flexibility index (Phi) is 5.77. The number of likely N-dealkylation sites (N-methyl/N-ethyl adjacent to an activating group) is 1. The van der Waals surface area contributed by atoms with E-state index in [4.69, 9.17) is 11.6 Å². The summed E-state index contributed by atoms with van der Waals surface area (Å²) in [4.78, 5) is 14.9. The van der Waals surface area contributed by atoms with Gasteiger partial charge in [-0.1, -0.05) is 54.1 Å². The van der Waals surface area contributed by atoms with Crippen LogP contribution in [-0.4, -0.2) is 31.4 Å². The molecule has 1 aliphatic carbocycles. The number of hydrogen-bond acceptors (Lipinski definition) is 2. The summed E-state index contributed by atoms with van der Waals surface area (Å²) in [6.07, 6.45) is 3.05. The van der Waals surface area contributed by atoms with Crippen molar-refractivity contribution in [2.75, 3.05) is 20.6 Å². The Hall–Kier alpha value is -1.84. The molecule has 0 heterocycles. The normalized spacial score (nSPS) is 17.8. The van der Waals surface area contributed by atoms with Crippen LogP contribution >= 0.6 is 11.6 Å². The maximum Gasteiger partial charge on any atom is 0.227 e. The smallest absolute Gasteiger partial charge is 0.227 e. The first kappa shape index (κ1) is 18.0. The van der Waals surface area contributed by atoms with Crippen molar-refractivity contribution >= 4 is 17.5 Å². The Morgan fingerprint density at radius 3 is 2.68 bits per heavy atom. The summed E-state index contributed by atoms with van der Waals surface area (Å²) in [6.45, 7) is 0.550. The van der Waals surface area contributed by atoms with Crippen molar-refractivity contribution in [1.82, 2.24) is 10.2 Å². The molecule has 0 fully saturated rings. The lowest BCUT2D eigenvalue weighted by atomic mass is 9.82. The van der Waals surface area contributed by atoms with Gasteiger partial charge in [-0.15, -0.1) is 0 Å². The molecule has 0 radical (unpaired) electrons. The summed E-state index contributed by atoms with van der Waals surface area (Å²) < 4.78 is 0. The molecule has 4 heteroatoms. The van der Waals surface area contributed by atoms with Crippen LogP contribution in [0.25, 0.3) is 0 Å². The van der Waals surface area contributed by atoms with Gasteiger partial charge in [0.15, 0.2) is 0 Å². The quantitative estimate of drug-likeness (QED) is 0.871. The van der Waals surface area contributed by atoms with Crippen LogP contribution in [0.4, 0.5) is 0 Å². The number of carbonyl (C=O) groups is 1. The summed E-state index contributed by atoms with van der Waals surface area (Å²) >= 11 is 6.35. The van der Waals surface area contributed by atoms with E-state index in [1.807, 2.05) is 44.4 Å². The van der Waals surface area contributed by atoms with Crippen LogP contribution in [0.2, 0.25) is 5.02 Å². The standard InChI is InChI=1S/C21H25ClN2O/c1-24(2)20(18-11-5-6-13-19(18)22)14-23-21(25)17-12-7-9-15-8-3-4-10-16(15)17/h3-6,8,10-11,13,17,20H,7,9,12,14H2,1-2H3,(H,23,25)/t17-,20-/m1/s1. The number of fused-ring (bicyclic) bond motifs is 1. The van der Waals surface area contributed by atoms with Crippen LogP contribution in [-0.2, 0) is 11.2 Å². The first-order valence-electron chi connectivity index (χ1n) is 8.84. The molecule has 2 atom stereocenters. The number of rotatable bonds is 5. The van der Waals surface area contributed by atoms with Crippen molar-refractivity contribution in [1.29, 1.82) is 0 Å². The van der Waals surface area contributed by atoms with E-state index in [0.717, 1.165) is 29.8 Å². The number of halogens is 1. The molecule has 0 aliphatic heterocycles. The number of nitrogens with one attached hydrogen (secondary N) is 1. The molecule has 0 saturated heterocycles. The van der Waals surface area contributed by atoms with Crippen LogP contribution in [0.1, 0.15) is 41.5 Å². The van der Waals surface area contributed by atoms with E-state index in [2.05, 4.69) is 28.4 Å². The highest BCUT2D eigenvalue weighted by Gasteiger charge is 2.27. The second kappa shape index (κ2) is 8.03. The van der Waals surface area contributed by atoms with E-state index in [9.17, 15) is 4.79 Å². The molecular weight excluding hydrogens is 332 g/mol. The molecule has 0 unspecified atom stereocenters. The SMILES string of the molecule is CN(C)[C@H](CNC(=O)[C@@H]1CCCc2ccccc21)c1ccccc1Cl. The Bertz CT molecular complexity index is 744. The van der Waals surface area contributed by atoms with Crippen LogP contribution in [0, 0.1) is 0 Å². The zero-order chi connectivity index (χ0) is 17.8. The Labute approximate surface area is 155 Å². The molecule has 3 nitrogen and oxygen atoms in total. The van der Waals surface area contributed by atoms with E-state index >= 15 is 0 Å². The molecule has 1 N–H and O–H groups in total. The number of amides is 1. The molecule has 0 saturated carbocycles. The molecule has 2 aromatic carbocycles. The molecule has 2 aromatic rings. The fourth-order valence-electron chi connectivity index (χ4n) is 3.66. The van der Waals surface area contributed by atoms with Gasteiger partial charge in [0.25, 0.3) is 0 Å². The fraction of sp³-hybridized carbons (Fsp3) is 0.381. The number of carbonyl (C=O) groups excluding carboxylic acids is 1. The Morgan fingerprint density at radius 1 is 1.20 bits per heavy atom. The lowest BCUT2D eigenvalue weighted by Gasteiger charge is -2.28. The highest BCUT2D eigenvalue weighted by molar-refractivity contribution is 6.31. The maximum atomic E-state index is 12.8. The lowest BCUT2D eigenvalue weighted by molar-refractivity contribution is -0.123. The lowest BCUT2D eigenvalue weighted by Crippen LogP contribution is -2.38. The van der Waals surface area contributed by atoms with E-state index in [0.29, 0.717) is 6.54 Å². The molecule has 0 bridgehead atoms. The molecule has 132 valence electrons. The van der Waals surface area contributed by atoms with Gasteiger partial charge in [0.1, 0.15) is 0 Å². The molecule has 25 heavy (non-hydrogen) atoms. The van der Waals surface area contributed by atoms with Gasteiger partial charge in [-0.3, -0.25) is 4.79 Å². The van der Waals surface area contributed by atoms with Gasteiger partial charge in [0.05, 0.1) is 12.0 Å². The summed E-state index contributed by atoms with van der Waals surface area (Å²) in [5.41, 5.74) is 3.54. The zero-order valence-corrected chi connectivity index (χ0v) is 15.6. The summed E-state index contributed by atoms with van der Waals surface area (Å²) in [7, 11) is 4.02. The predicted octanol–water partition coefficient (Wildman–Crippen LogP) is 4.18. The first-order valence-corrected chi connectivity index (χ1v) is 9.22. The minimum Gasteiger partial charge on any atom is -0.354 e. The fourth-order valence-corrected chi connectivity index (χ4v) is 3.92. The van der Waals surface area contributed by atoms with Crippen LogP contribution < -0.4 is 5.32 Å². The van der Waals surface area contributed by atoms with Gasteiger partial charge in [-0.2, -0.15) is 0 Å². The first-order chi connectivity index (χ1) is 12.1. The third-order valence-corrected chi connectivity index (χ3v) is 5.39. The van der Waals surface area contributed by atoms with Crippen molar-refractivity contribution in [3.8, 4) is 0 Å². The van der Waals surface area contributed by atoms with Gasteiger partial charge < -0.3 is 10.2 Å². The average molecular weight is 357 g/mol. The maximum absolute atomic E-state index is 12.8. The van der Waals surface area contributed by atoms with Gasteiger partial charge in [-0.05, 0) is 56.1 Å². The van der Waals surface area contributed by atoms with E-state index < -0.39 is 0 Å². The Morgan fingerprint density at radius 2 is 1.92 bits per heavy atom. The third kappa shape index (κ3) is 4.05. The Balaban J connectivity index is 1.72. The number of aryl methyl sites for hydroxylation is 1. The molecule has 0 aromatic heterocycles. The van der Waals surface area contributed by atoms with Crippen molar-refractivity contribution in [2.24, 2.45) is 0 Å². The van der Waals surface area contributed by atoms with Crippen molar-refractivity contribution in [3.05, 3.63) is 70.2 Å². The summed E-state index contributed by atoms with van der Waals surface area (Å²) in [6, 6.07) is 16.2. The van der Waals surface area contributed by atoms with Crippen molar-refractivity contribution < 1.29 is 4.79 Å². The zero-order valence-electron chi connectivity index (χ0n) is 14.8. The van der Waals surface area contributed by atoms with E-state index in [1.54, 1.807) is 0 Å². The third-order valence-electron chi connectivity index (χ3n) is 5.04. The molecular formula is C21H25ClN2O. The number of nitrogens with zero attached hydrogens (tertiary/aromatic N) is 1. The van der Waals surface area contributed by atoms with Crippen LogP contribution in [0.5, 0.6) is 0 Å². The second-order valence-electron chi connectivity index (χ2n) is 6.89. The molecule has 0 spiro atoms. The van der Waals surface area contributed by atoms with E-state index in [-0.39, 0.29) is 17.9 Å². The topological polar surface area (TPSA) is 32.3 Å². The average Bonchev–Trinajstić information content (AvgIpc) is 2.62. The predicted molar refractivity (Wildman–Crippen MR) is 103 cm³/mol. The highest BCUT2D eigenvalue weighted by Crippen LogP contribution is 2.32. The van der Waals surface area contributed by atoms with Crippen LogP contribution in [0.15, 0.2) is 48.5 Å². The largest absolute Gasteiger partial charge is 0.354 e. The monoisotopic (exact) mass is 356 g/mol. The number of hydrogen-bond donors (Lipinski definition) is 1. The summed E-state index contributed by atoms with van der Waals surface area (Å²) in [5, 5.41) is 3.90. The molecule has 1 aliphatic rings. The summed E-state index contributed by atoms with van der Waals surface area (Å²) in [5.74, 6) is 0.0741. The minimum atomic E-state index is -0.0426. The van der Waals surface area contributed by atoms with Gasteiger partial charge in [-0.25, -0.2) is 0 Å². The van der Waals surface area contributed by atoms with E-state index in [1.165, 1.54) is 11.1 Å². The second-order valence-corrected chi connectivity index (χ2v) is 7.30. The minimum absolute atomic E-state index is 0.0426. The van der Waals surface area contributed by atoms with Crippen molar-refractivity contribution in [3.63, 3.8) is 0 Å². The molecule has 1 amide bonds. The van der Waals surface area contributed by atoms with Crippen molar-refractivity contribution in [2.45, 2.75) is 31.2 Å².